The van der Waals surface area contributed by atoms with Crippen molar-refractivity contribution in [1.82, 2.24) is 0 Å². The monoisotopic (exact) mass is 1920 g/mol. The minimum Gasteiger partial charge on any atom is -0.491 e. The highest BCUT2D eigenvalue weighted by atomic mass is 16.7. The Bertz CT molecular complexity index is 4660. The average molecular weight is 1920 g/mol. The van der Waals surface area contributed by atoms with Crippen LogP contribution in [0.25, 0.3) is 0 Å². The van der Waals surface area contributed by atoms with Crippen LogP contribution in [0.1, 0.15) is 360 Å². The SMILES string of the molecule is CCC(C)c1ccc(OC(C)OCC(C)C)cc1.CCC(C)c1ccc(OC(C)OCCC2CCCCC2)cc1.CCC(C)c1ccc(OC(C)OCCOc2ccccc2)cc1.CCC(C)c1ccc(OC(C)OCCc2ccccc2)cc1.CCC(C)c1ccc(OC(C)OCc2ccccc2)cc1.CCC(C)c1ccc(OC2CCCCO2)cc1.CCOC(C)(C)Oc1ccc(C(C)CC)cc1. The van der Waals surface area contributed by atoms with Crippen LogP contribution in [0.5, 0.6) is 46.0 Å². The lowest BCUT2D eigenvalue weighted by molar-refractivity contribution is -0.152. The molecule has 0 aromatic heterocycles. The first-order chi connectivity index (χ1) is 67.5. The van der Waals surface area contributed by atoms with Crippen molar-refractivity contribution in [2.24, 2.45) is 11.8 Å². The summed E-state index contributed by atoms with van der Waals surface area (Å²) in [5.41, 5.74) is 12.0. The van der Waals surface area contributed by atoms with E-state index in [1.807, 2.05) is 195 Å². The summed E-state index contributed by atoms with van der Waals surface area (Å²) in [6, 6.07) is 88.6. The average Bonchev–Trinajstić information content (AvgIpc) is 0.877. The third-order valence-electron chi connectivity index (χ3n) is 25.8. The van der Waals surface area contributed by atoms with Gasteiger partial charge in [-0.3, -0.25) is 0 Å². The summed E-state index contributed by atoms with van der Waals surface area (Å²) in [5, 5.41) is 0. The zero-order valence-electron chi connectivity index (χ0n) is 90.3. The van der Waals surface area contributed by atoms with Gasteiger partial charge >= 0.3 is 0 Å². The van der Waals surface area contributed by atoms with Crippen LogP contribution in [0.2, 0.25) is 0 Å². The molecule has 15 nitrogen and oxygen atoms in total. The summed E-state index contributed by atoms with van der Waals surface area (Å²) in [4.78, 5) is 0. The third-order valence-corrected chi connectivity index (χ3v) is 25.8. The largest absolute Gasteiger partial charge is 0.491 e. The third kappa shape index (κ3) is 49.8. The first-order valence-corrected chi connectivity index (χ1v) is 53.0. The summed E-state index contributed by atoms with van der Waals surface area (Å²) >= 11 is 0. The van der Waals surface area contributed by atoms with Gasteiger partial charge in [0.05, 0.1) is 39.6 Å². The van der Waals surface area contributed by atoms with Gasteiger partial charge in [0.1, 0.15) is 52.6 Å². The molecule has 12 rings (SSSR count). The fraction of sp³-hybridized carbons (Fsp3) is 0.520. The minimum atomic E-state index is -0.563. The van der Waals surface area contributed by atoms with Crippen molar-refractivity contribution in [3.05, 3.63) is 311 Å². The Balaban J connectivity index is 0.000000251. The van der Waals surface area contributed by atoms with Gasteiger partial charge in [0, 0.05) is 26.9 Å². The number of ether oxygens (including phenoxy) is 15. The van der Waals surface area contributed by atoms with Crippen LogP contribution in [0.4, 0.5) is 0 Å². The van der Waals surface area contributed by atoms with Crippen LogP contribution in [0, 0.1) is 11.8 Å². The number of rotatable bonds is 49. The molecule has 1 saturated heterocycles. The van der Waals surface area contributed by atoms with Gasteiger partial charge in [-0.2, -0.15) is 0 Å². The molecule has 0 radical (unpaired) electrons. The fourth-order valence-corrected chi connectivity index (χ4v) is 15.4. The zero-order valence-corrected chi connectivity index (χ0v) is 90.3. The number of benzene rings is 10. The van der Waals surface area contributed by atoms with Gasteiger partial charge < -0.3 is 71.1 Å². The Hall–Kier alpha value is -9.68. The van der Waals surface area contributed by atoms with Gasteiger partial charge in [-0.1, -0.05) is 307 Å². The molecule has 10 aromatic carbocycles. The first kappa shape index (κ1) is 119. The molecule has 140 heavy (non-hydrogen) atoms. The van der Waals surface area contributed by atoms with E-state index in [1.165, 1.54) is 102 Å². The van der Waals surface area contributed by atoms with Crippen LogP contribution >= 0.6 is 0 Å². The van der Waals surface area contributed by atoms with E-state index in [4.69, 9.17) is 71.1 Å². The maximum Gasteiger partial charge on any atom is 0.204 e. The van der Waals surface area contributed by atoms with Gasteiger partial charge in [-0.05, 0) is 313 Å². The second-order valence-electron chi connectivity index (χ2n) is 38.3. The fourth-order valence-electron chi connectivity index (χ4n) is 15.4. The highest BCUT2D eigenvalue weighted by Crippen LogP contribution is 2.33. The lowest BCUT2D eigenvalue weighted by Crippen LogP contribution is -2.31. The van der Waals surface area contributed by atoms with E-state index >= 15 is 0 Å². The second-order valence-corrected chi connectivity index (χ2v) is 38.3. The van der Waals surface area contributed by atoms with Crippen LogP contribution < -0.4 is 37.9 Å². The van der Waals surface area contributed by atoms with Crippen molar-refractivity contribution in [2.45, 2.75) is 367 Å². The Labute approximate surface area is 847 Å². The molecule has 1 heterocycles. The van der Waals surface area contributed by atoms with E-state index in [-0.39, 0.29) is 37.7 Å². The predicted molar refractivity (Wildman–Crippen MR) is 580 cm³/mol. The highest BCUT2D eigenvalue weighted by Gasteiger charge is 2.22. The maximum atomic E-state index is 5.85. The minimum absolute atomic E-state index is 0.0433. The smallest absolute Gasteiger partial charge is 0.204 e. The van der Waals surface area contributed by atoms with Crippen molar-refractivity contribution in [1.29, 1.82) is 0 Å². The molecule has 15 heteroatoms. The second kappa shape index (κ2) is 69.3. The van der Waals surface area contributed by atoms with E-state index in [0.717, 1.165) is 129 Å². The standard InChI is InChI=1S/C20H26O3.C20H32O2.C20H26O2.C19H24O2.C16H26O2.C15H22O2.C15H24O2/c1-4-16(2)18-10-12-20(13-11-18)23-17(3)21-14-15-22-19-8-6-5-7-9-19;2*1-4-16(2)19-10-12-20(13-11-19)22-17(3)21-15-14-18-8-6-5-7-9-18;1-4-15(2)18-10-12-19(13-11-18)21-16(3)20-14-17-8-6-5-7-9-17;1-6-13(4)15-7-9-16(10-8-15)18-14(5)17-11-12(2)3;1-3-12(2)13-7-9-14(10-8-13)17-15-6-4-5-11-16-15;1-6-12(3)13-8-10-14(11-9-13)17-15(4,5)16-7-2/h5-13,16-17H,4,14-15H2,1-3H3;10-13,16-18H,4-9,14-15H2,1-3H3;5-13,16-17H,4,14-15H2,1-3H3;5-13,15-16H,4,14H2,1-3H3;7-10,12-14H,6,11H2,1-5H3;7-10,12,15H,3-6,11H2,1-2H3;8-12H,6-7H2,1-5H3. The van der Waals surface area contributed by atoms with Gasteiger partial charge in [0.2, 0.25) is 5.79 Å². The molecule has 2 aliphatic rings. The summed E-state index contributed by atoms with van der Waals surface area (Å²) in [6.45, 7) is 56.2. The molecule has 1 saturated carbocycles. The van der Waals surface area contributed by atoms with Gasteiger partial charge in [0.25, 0.3) is 0 Å². The van der Waals surface area contributed by atoms with E-state index < -0.39 is 5.79 Å². The summed E-state index contributed by atoms with van der Waals surface area (Å²) in [7, 11) is 0. The zero-order chi connectivity index (χ0) is 102. The Morgan fingerprint density at radius 2 is 0.607 bits per heavy atom. The van der Waals surface area contributed by atoms with Crippen LogP contribution in [-0.2, 0) is 46.2 Å². The lowest BCUT2D eigenvalue weighted by Gasteiger charge is -2.26. The molecule has 2 fully saturated rings. The van der Waals surface area contributed by atoms with Crippen molar-refractivity contribution in [3.8, 4) is 46.0 Å². The van der Waals surface area contributed by atoms with E-state index in [0.29, 0.717) is 80.4 Å². The summed E-state index contributed by atoms with van der Waals surface area (Å²) < 4.78 is 85.6. The summed E-state index contributed by atoms with van der Waals surface area (Å²) in [6.07, 6.45) is 19.3. The molecule has 770 valence electrons. The molecule has 0 amide bonds. The first-order valence-electron chi connectivity index (χ1n) is 53.0. The molecule has 13 unspecified atom stereocenters. The Kier molecular flexibility index (Phi) is 58.9. The molecule has 0 bridgehead atoms. The number of hydrogen-bond donors (Lipinski definition) is 0. The molecule has 0 N–H and O–H groups in total. The van der Waals surface area contributed by atoms with Crippen LogP contribution in [-0.4, -0.2) is 89.8 Å². The molecule has 13 atom stereocenters. The van der Waals surface area contributed by atoms with Crippen molar-refractivity contribution >= 4 is 0 Å². The number of hydrogen-bond acceptors (Lipinski definition) is 15. The van der Waals surface area contributed by atoms with Crippen LogP contribution in [0.3, 0.4) is 0 Å². The van der Waals surface area contributed by atoms with Gasteiger partial charge in [-0.15, -0.1) is 0 Å². The topological polar surface area (TPSA) is 138 Å². The van der Waals surface area contributed by atoms with E-state index in [2.05, 4.69) is 232 Å². The molecule has 10 aromatic rings. The molecule has 1 aliphatic heterocycles. The van der Waals surface area contributed by atoms with Gasteiger partial charge in [0.15, 0.2) is 37.7 Å². The van der Waals surface area contributed by atoms with E-state index in [9.17, 15) is 0 Å². The maximum absolute atomic E-state index is 5.85. The van der Waals surface area contributed by atoms with Gasteiger partial charge in [-0.25, -0.2) is 0 Å². The Morgan fingerprint density at radius 3 is 0.950 bits per heavy atom. The van der Waals surface area contributed by atoms with Crippen molar-refractivity contribution < 1.29 is 71.1 Å². The molecule has 1 aliphatic carbocycles. The molecular formula is C125H180O15. The lowest BCUT2D eigenvalue weighted by atomic mass is 9.87. The summed E-state index contributed by atoms with van der Waals surface area (Å²) in [5.74, 6) is 12.0. The molecular weight excluding hydrogens is 1740 g/mol. The normalized spacial score (nSPS) is 15.5. The molecule has 0 spiro atoms. The van der Waals surface area contributed by atoms with Crippen LogP contribution in [0.15, 0.2) is 261 Å². The quantitative estimate of drug-likeness (QED) is 0.0264. The predicted octanol–water partition coefficient (Wildman–Crippen LogP) is 34.3. The van der Waals surface area contributed by atoms with Crippen molar-refractivity contribution in [3.63, 3.8) is 0 Å². The van der Waals surface area contributed by atoms with Crippen molar-refractivity contribution in [2.75, 3.05) is 46.2 Å². The van der Waals surface area contributed by atoms with E-state index in [1.54, 1.807) is 0 Å². The number of para-hydroxylation sites is 1. The highest BCUT2D eigenvalue weighted by molar-refractivity contribution is 5.35. The Morgan fingerprint density at radius 1 is 0.293 bits per heavy atom.